The predicted molar refractivity (Wildman–Crippen MR) is 80.0 cm³/mol. The maximum absolute atomic E-state index is 13.3. The second kappa shape index (κ2) is 10.1. The minimum Gasteiger partial charge on any atom is -0.323 e. The molecule has 0 heterocycles. The van der Waals surface area contributed by atoms with Crippen molar-refractivity contribution < 1.29 is 52.5 Å². The number of halogens is 9. The number of unbranched alkanes of at least 4 members (excludes halogenated alkanes) is 3. The first-order valence-corrected chi connectivity index (χ1v) is 9.04. The number of rotatable bonds is 10. The first-order chi connectivity index (χ1) is 11.9. The van der Waals surface area contributed by atoms with Gasteiger partial charge in [-0.05, 0) is 20.5 Å². The lowest BCUT2D eigenvalue weighted by atomic mass is 9.96. The van der Waals surface area contributed by atoms with E-state index in [4.69, 9.17) is 4.55 Å². The maximum Gasteiger partial charge on any atom is 0.438 e. The maximum atomic E-state index is 13.3. The molecule has 0 spiro atoms. The van der Waals surface area contributed by atoms with Crippen molar-refractivity contribution in [1.29, 1.82) is 0 Å². The van der Waals surface area contributed by atoms with Crippen LogP contribution in [0.2, 0.25) is 0 Å². The highest BCUT2D eigenvalue weighted by Gasteiger charge is 2.85. The molecule has 0 aromatic heterocycles. The molecule has 0 aliphatic rings. The highest BCUT2D eigenvalue weighted by atomic mass is 32.2. The van der Waals surface area contributed by atoms with E-state index in [-0.39, 0.29) is 6.42 Å². The van der Waals surface area contributed by atoms with Gasteiger partial charge in [0.2, 0.25) is 0 Å². The molecule has 4 nitrogen and oxygen atoms in total. The standard InChI is InChI=1S/C11H15F9O3S.C2H7N/c1-2-3-4-5-6-7(12)8(13,14)9(15,16)10(17,18)11(19,20)24(21,22)23;1-3-2/h7H,2-6H2,1H3,(H,21,22,23);3H,1-2H3. The molecule has 0 aromatic carbocycles. The molecule has 0 radical (unpaired) electrons. The van der Waals surface area contributed by atoms with Crippen LogP contribution in [0.3, 0.4) is 0 Å². The monoisotopic (exact) mass is 443 g/mol. The number of hydrogen-bond acceptors (Lipinski definition) is 3. The molecule has 0 aliphatic heterocycles. The lowest BCUT2D eigenvalue weighted by Crippen LogP contribution is -2.66. The molecule has 0 fully saturated rings. The Morgan fingerprint density at radius 3 is 1.63 bits per heavy atom. The van der Waals surface area contributed by atoms with E-state index in [1.165, 1.54) is 0 Å². The van der Waals surface area contributed by atoms with Crippen LogP contribution >= 0.6 is 0 Å². The fourth-order valence-electron chi connectivity index (χ4n) is 1.68. The SMILES string of the molecule is CCCCCCC(F)C(F)(F)C(F)(F)C(F)(F)C(F)(F)S(=O)(=O)O.CNC. The Labute approximate surface area is 151 Å². The quantitative estimate of drug-likeness (QED) is 0.296. The van der Waals surface area contributed by atoms with E-state index >= 15 is 0 Å². The second-order valence-electron chi connectivity index (χ2n) is 5.58. The van der Waals surface area contributed by atoms with Crippen LogP contribution in [-0.4, -0.2) is 56.3 Å². The molecule has 0 aromatic rings. The van der Waals surface area contributed by atoms with Gasteiger partial charge in [-0.3, -0.25) is 4.55 Å². The van der Waals surface area contributed by atoms with E-state index in [1.807, 2.05) is 14.1 Å². The van der Waals surface area contributed by atoms with E-state index in [2.05, 4.69) is 5.32 Å². The van der Waals surface area contributed by atoms with Crippen LogP contribution in [0.1, 0.15) is 39.0 Å². The van der Waals surface area contributed by atoms with Crippen molar-refractivity contribution in [2.24, 2.45) is 0 Å². The van der Waals surface area contributed by atoms with Crippen LogP contribution in [0.15, 0.2) is 0 Å². The van der Waals surface area contributed by atoms with Crippen LogP contribution < -0.4 is 5.32 Å². The van der Waals surface area contributed by atoms with E-state index in [1.54, 1.807) is 6.92 Å². The summed E-state index contributed by atoms with van der Waals surface area (Å²) in [5.41, 5.74) is 0. The summed E-state index contributed by atoms with van der Waals surface area (Å²) in [4.78, 5) is 0. The Bertz CT molecular complexity index is 541. The van der Waals surface area contributed by atoms with Gasteiger partial charge in [0, 0.05) is 0 Å². The molecule has 1 atom stereocenters. The van der Waals surface area contributed by atoms with Gasteiger partial charge in [0.05, 0.1) is 0 Å². The lowest BCUT2D eigenvalue weighted by Gasteiger charge is -2.36. The Kier molecular flexibility index (Phi) is 10.7. The smallest absolute Gasteiger partial charge is 0.323 e. The van der Waals surface area contributed by atoms with Crippen molar-refractivity contribution >= 4 is 10.1 Å². The van der Waals surface area contributed by atoms with Gasteiger partial charge in [0.1, 0.15) is 0 Å². The molecule has 14 heteroatoms. The van der Waals surface area contributed by atoms with Gasteiger partial charge in [0.15, 0.2) is 6.17 Å². The Morgan fingerprint density at radius 1 is 0.889 bits per heavy atom. The molecular weight excluding hydrogens is 421 g/mol. The minimum atomic E-state index is -7.26. The fraction of sp³-hybridized carbons (Fsp3) is 1.00. The van der Waals surface area contributed by atoms with Crippen LogP contribution in [0.5, 0.6) is 0 Å². The van der Waals surface area contributed by atoms with E-state index in [9.17, 15) is 47.9 Å². The van der Waals surface area contributed by atoms with E-state index < -0.39 is 52.2 Å². The number of alkyl halides is 9. The van der Waals surface area contributed by atoms with Crippen LogP contribution in [0.25, 0.3) is 0 Å². The first-order valence-electron chi connectivity index (χ1n) is 7.60. The molecular formula is C13H22F9NO3S. The van der Waals surface area contributed by atoms with Gasteiger partial charge in [0.25, 0.3) is 0 Å². The summed E-state index contributed by atoms with van der Waals surface area (Å²) in [7, 11) is -3.42. The topological polar surface area (TPSA) is 66.4 Å². The molecule has 0 bridgehead atoms. The molecule has 0 saturated heterocycles. The van der Waals surface area contributed by atoms with Gasteiger partial charge in [-0.1, -0.05) is 32.6 Å². The summed E-state index contributed by atoms with van der Waals surface area (Å²) in [6.45, 7) is 1.67. The average Bonchev–Trinajstić information content (AvgIpc) is 2.50. The van der Waals surface area contributed by atoms with Crippen molar-refractivity contribution in [1.82, 2.24) is 5.32 Å². The minimum absolute atomic E-state index is 0.107. The predicted octanol–water partition coefficient (Wildman–Crippen LogP) is 4.52. The number of nitrogens with one attached hydrogen (secondary N) is 1. The third-order valence-electron chi connectivity index (χ3n) is 3.21. The summed E-state index contributed by atoms with van der Waals surface area (Å²) >= 11 is 0. The van der Waals surface area contributed by atoms with Gasteiger partial charge >= 0.3 is 33.1 Å². The van der Waals surface area contributed by atoms with Crippen molar-refractivity contribution in [3.05, 3.63) is 0 Å². The Morgan fingerprint density at radius 2 is 1.30 bits per heavy atom. The van der Waals surface area contributed by atoms with Crippen molar-refractivity contribution in [3.63, 3.8) is 0 Å². The normalized spacial score (nSPS) is 15.1. The lowest BCUT2D eigenvalue weighted by molar-refractivity contribution is -0.359. The fourth-order valence-corrected chi connectivity index (χ4v) is 2.13. The molecule has 1 unspecified atom stereocenters. The molecule has 0 amide bonds. The molecule has 0 rings (SSSR count). The van der Waals surface area contributed by atoms with E-state index in [0.29, 0.717) is 12.8 Å². The average molecular weight is 443 g/mol. The van der Waals surface area contributed by atoms with Gasteiger partial charge < -0.3 is 5.32 Å². The van der Waals surface area contributed by atoms with Gasteiger partial charge in [-0.15, -0.1) is 0 Å². The second-order valence-corrected chi connectivity index (χ2v) is 7.04. The molecule has 2 N–H and O–H groups in total. The van der Waals surface area contributed by atoms with Crippen molar-refractivity contribution in [2.45, 2.75) is 68.2 Å². The number of hydrogen-bond donors (Lipinski definition) is 2. The molecule has 27 heavy (non-hydrogen) atoms. The third-order valence-corrected chi connectivity index (χ3v) is 4.11. The van der Waals surface area contributed by atoms with Gasteiger partial charge in [-0.2, -0.15) is 43.5 Å². The van der Waals surface area contributed by atoms with Crippen molar-refractivity contribution in [2.75, 3.05) is 14.1 Å². The van der Waals surface area contributed by atoms with Gasteiger partial charge in [-0.25, -0.2) is 4.39 Å². The zero-order valence-corrected chi connectivity index (χ0v) is 15.5. The van der Waals surface area contributed by atoms with Crippen molar-refractivity contribution in [3.8, 4) is 0 Å². The summed E-state index contributed by atoms with van der Waals surface area (Å²) in [5.74, 6) is -20.6. The highest BCUT2D eigenvalue weighted by molar-refractivity contribution is 7.87. The molecule has 0 saturated carbocycles. The zero-order chi connectivity index (χ0) is 22.3. The van der Waals surface area contributed by atoms with Crippen LogP contribution in [-0.2, 0) is 10.1 Å². The zero-order valence-electron chi connectivity index (χ0n) is 14.7. The summed E-state index contributed by atoms with van der Waals surface area (Å²) in [6.07, 6.45) is -4.58. The Hall–Kier alpha value is -0.760. The van der Waals surface area contributed by atoms with E-state index in [0.717, 1.165) is 0 Å². The summed E-state index contributed by atoms with van der Waals surface area (Å²) in [5, 5.41) is -4.20. The van der Waals surface area contributed by atoms with Crippen LogP contribution in [0, 0.1) is 0 Å². The summed E-state index contributed by atoms with van der Waals surface area (Å²) in [6, 6.07) is 0. The largest absolute Gasteiger partial charge is 0.438 e. The summed E-state index contributed by atoms with van der Waals surface area (Å²) < 4.78 is 146. The Balaban J connectivity index is 0. The van der Waals surface area contributed by atoms with Crippen LogP contribution in [0.4, 0.5) is 39.5 Å². The molecule has 0 aliphatic carbocycles. The highest BCUT2D eigenvalue weighted by Crippen LogP contribution is 2.55. The first kappa shape index (κ1) is 28.4. The molecule has 166 valence electrons. The third kappa shape index (κ3) is 6.11.